The summed E-state index contributed by atoms with van der Waals surface area (Å²) in [6, 6.07) is 12.9. The number of nitrogens with zero attached hydrogens (tertiary/aromatic N) is 2. The van der Waals surface area contributed by atoms with Crippen molar-refractivity contribution in [3.63, 3.8) is 0 Å². The Morgan fingerprint density at radius 1 is 1.26 bits per heavy atom. The highest BCUT2D eigenvalue weighted by atomic mass is 35.5. The van der Waals surface area contributed by atoms with Gasteiger partial charge in [-0.25, -0.2) is 9.48 Å². The summed E-state index contributed by atoms with van der Waals surface area (Å²) in [6.07, 6.45) is 0. The van der Waals surface area contributed by atoms with Crippen LogP contribution in [0.25, 0.3) is 5.69 Å². The molecule has 3 rings (SSSR count). The van der Waals surface area contributed by atoms with Crippen molar-refractivity contribution in [2.45, 2.75) is 19.9 Å². The largest absolute Gasteiger partial charge is 0.452 e. The van der Waals surface area contributed by atoms with Gasteiger partial charge in [-0.2, -0.15) is 5.10 Å². The Labute approximate surface area is 165 Å². The Kier molecular flexibility index (Phi) is 5.93. The van der Waals surface area contributed by atoms with Crippen LogP contribution in [0.4, 0.5) is 0 Å². The summed E-state index contributed by atoms with van der Waals surface area (Å²) in [7, 11) is 0. The van der Waals surface area contributed by atoms with Gasteiger partial charge in [0.25, 0.3) is 5.91 Å². The quantitative estimate of drug-likeness (QED) is 0.633. The summed E-state index contributed by atoms with van der Waals surface area (Å²) in [4.78, 5) is 25.5. The number of hydrogen-bond acceptors (Lipinski definition) is 5. The number of halogens is 1. The van der Waals surface area contributed by atoms with E-state index < -0.39 is 5.97 Å². The van der Waals surface area contributed by atoms with Crippen LogP contribution in [0.2, 0.25) is 5.15 Å². The molecule has 2 heterocycles. The van der Waals surface area contributed by atoms with E-state index in [1.807, 2.05) is 54.8 Å². The van der Waals surface area contributed by atoms with Crippen LogP contribution in [0.15, 0.2) is 47.8 Å². The molecule has 2 aromatic heterocycles. The van der Waals surface area contributed by atoms with Gasteiger partial charge in [0.1, 0.15) is 10.7 Å². The van der Waals surface area contributed by atoms with Crippen LogP contribution < -0.4 is 5.32 Å². The monoisotopic (exact) mass is 403 g/mol. The smallest absolute Gasteiger partial charge is 0.343 e. The van der Waals surface area contributed by atoms with E-state index in [1.165, 1.54) is 4.68 Å². The molecule has 0 aliphatic carbocycles. The minimum absolute atomic E-state index is 0.149. The fourth-order valence-electron chi connectivity index (χ4n) is 2.57. The van der Waals surface area contributed by atoms with Crippen molar-refractivity contribution in [1.29, 1.82) is 0 Å². The normalized spacial score (nSPS) is 11.8. The highest BCUT2D eigenvalue weighted by molar-refractivity contribution is 7.10. The van der Waals surface area contributed by atoms with E-state index in [0.29, 0.717) is 5.69 Å². The van der Waals surface area contributed by atoms with Gasteiger partial charge >= 0.3 is 5.97 Å². The van der Waals surface area contributed by atoms with Crippen molar-refractivity contribution < 1.29 is 14.3 Å². The van der Waals surface area contributed by atoms with E-state index in [-0.39, 0.29) is 29.3 Å². The minimum atomic E-state index is -0.682. The number of aryl methyl sites for hydroxylation is 1. The lowest BCUT2D eigenvalue weighted by molar-refractivity contribution is -0.124. The van der Waals surface area contributed by atoms with Crippen LogP contribution in [0, 0.1) is 6.92 Å². The van der Waals surface area contributed by atoms with Crippen molar-refractivity contribution in [2.24, 2.45) is 0 Å². The molecular weight excluding hydrogens is 386 g/mol. The number of esters is 1. The molecule has 3 aromatic rings. The van der Waals surface area contributed by atoms with Crippen molar-refractivity contribution >= 4 is 34.8 Å². The number of thiophene rings is 1. The topological polar surface area (TPSA) is 73.2 Å². The number of para-hydroxylation sites is 1. The molecule has 1 amide bonds. The molecule has 0 spiro atoms. The lowest BCUT2D eigenvalue weighted by atomic mass is 10.2. The number of hydrogen-bond donors (Lipinski definition) is 1. The van der Waals surface area contributed by atoms with Crippen molar-refractivity contribution in [2.75, 3.05) is 6.61 Å². The van der Waals surface area contributed by atoms with Gasteiger partial charge < -0.3 is 10.1 Å². The molecule has 140 valence electrons. The van der Waals surface area contributed by atoms with Crippen LogP contribution in [-0.4, -0.2) is 28.3 Å². The molecule has 1 N–H and O–H groups in total. The highest BCUT2D eigenvalue weighted by Crippen LogP contribution is 2.24. The van der Waals surface area contributed by atoms with Gasteiger partial charge in [0.2, 0.25) is 0 Å². The standard InChI is InChI=1S/C19H18ClN3O3S/c1-12(15-9-6-10-27-15)21-16(24)11-26-19(25)17-13(2)22-23(18(17)20)14-7-4-3-5-8-14/h3-10,12H,11H2,1-2H3,(H,21,24)/t12-/m0/s1. The zero-order chi connectivity index (χ0) is 19.4. The first-order chi connectivity index (χ1) is 13.0. The molecule has 0 aliphatic rings. The van der Waals surface area contributed by atoms with Gasteiger partial charge in [-0.3, -0.25) is 4.79 Å². The number of benzene rings is 1. The van der Waals surface area contributed by atoms with Crippen LogP contribution in [0.5, 0.6) is 0 Å². The van der Waals surface area contributed by atoms with E-state index in [4.69, 9.17) is 16.3 Å². The van der Waals surface area contributed by atoms with Gasteiger partial charge in [0, 0.05) is 4.88 Å². The summed E-state index contributed by atoms with van der Waals surface area (Å²) in [5.74, 6) is -1.06. The molecule has 8 heteroatoms. The van der Waals surface area contributed by atoms with Gasteiger partial charge in [-0.05, 0) is 37.4 Å². The maximum atomic E-state index is 12.4. The van der Waals surface area contributed by atoms with Gasteiger partial charge in [0.15, 0.2) is 6.61 Å². The van der Waals surface area contributed by atoms with E-state index in [2.05, 4.69) is 10.4 Å². The number of nitrogens with one attached hydrogen (secondary N) is 1. The van der Waals surface area contributed by atoms with Crippen molar-refractivity contribution in [3.8, 4) is 5.69 Å². The first-order valence-corrected chi connectivity index (χ1v) is 9.53. The number of rotatable bonds is 6. The first kappa shape index (κ1) is 19.1. The fourth-order valence-corrected chi connectivity index (χ4v) is 3.65. The maximum Gasteiger partial charge on any atom is 0.343 e. The van der Waals surface area contributed by atoms with E-state index in [1.54, 1.807) is 18.3 Å². The number of aromatic nitrogens is 2. The average molecular weight is 404 g/mol. The zero-order valence-electron chi connectivity index (χ0n) is 14.8. The first-order valence-electron chi connectivity index (χ1n) is 8.27. The second-order valence-corrected chi connectivity index (χ2v) is 7.22. The molecule has 1 aromatic carbocycles. The van der Waals surface area contributed by atoms with E-state index in [9.17, 15) is 9.59 Å². The Balaban J connectivity index is 1.65. The molecule has 0 saturated carbocycles. The number of carbonyl (C=O) groups is 2. The molecule has 0 bridgehead atoms. The van der Waals surface area contributed by atoms with E-state index in [0.717, 1.165) is 10.6 Å². The predicted octanol–water partition coefficient (Wildman–Crippen LogP) is 3.93. The molecule has 0 fully saturated rings. The molecule has 27 heavy (non-hydrogen) atoms. The average Bonchev–Trinajstić information content (AvgIpc) is 3.29. The summed E-state index contributed by atoms with van der Waals surface area (Å²) >= 11 is 7.87. The minimum Gasteiger partial charge on any atom is -0.452 e. The Bertz CT molecular complexity index is 939. The summed E-state index contributed by atoms with van der Waals surface area (Å²) in [6.45, 7) is 3.15. The summed E-state index contributed by atoms with van der Waals surface area (Å²) in [5.41, 5.74) is 1.31. The third kappa shape index (κ3) is 4.37. The Hall–Kier alpha value is -2.64. The fraction of sp³-hybridized carbons (Fsp3) is 0.211. The summed E-state index contributed by atoms with van der Waals surface area (Å²) in [5, 5.41) is 9.17. The lowest BCUT2D eigenvalue weighted by Crippen LogP contribution is -2.30. The van der Waals surface area contributed by atoms with Crippen molar-refractivity contribution in [1.82, 2.24) is 15.1 Å². The number of carbonyl (C=O) groups excluding carboxylic acids is 2. The Morgan fingerprint density at radius 3 is 2.67 bits per heavy atom. The predicted molar refractivity (Wildman–Crippen MR) is 104 cm³/mol. The zero-order valence-corrected chi connectivity index (χ0v) is 16.4. The van der Waals surface area contributed by atoms with Gasteiger partial charge in [-0.15, -0.1) is 11.3 Å². The Morgan fingerprint density at radius 2 is 2.00 bits per heavy atom. The molecular formula is C19H18ClN3O3S. The lowest BCUT2D eigenvalue weighted by Gasteiger charge is -2.12. The van der Waals surface area contributed by atoms with Gasteiger partial charge in [0.05, 0.1) is 17.4 Å². The molecule has 1 atom stereocenters. The third-order valence-corrected chi connectivity index (χ3v) is 5.29. The molecule has 0 aliphatic heterocycles. The van der Waals surface area contributed by atoms with Gasteiger partial charge in [-0.1, -0.05) is 35.9 Å². The van der Waals surface area contributed by atoms with E-state index >= 15 is 0 Å². The second kappa shape index (κ2) is 8.37. The third-order valence-electron chi connectivity index (χ3n) is 3.89. The number of ether oxygens (including phenoxy) is 1. The molecule has 0 unspecified atom stereocenters. The highest BCUT2D eigenvalue weighted by Gasteiger charge is 2.23. The maximum absolute atomic E-state index is 12.4. The second-order valence-electron chi connectivity index (χ2n) is 5.88. The molecule has 6 nitrogen and oxygen atoms in total. The molecule has 0 radical (unpaired) electrons. The van der Waals surface area contributed by atoms with Crippen LogP contribution in [0.1, 0.15) is 33.9 Å². The van der Waals surface area contributed by atoms with Crippen LogP contribution >= 0.6 is 22.9 Å². The molecule has 0 saturated heterocycles. The van der Waals surface area contributed by atoms with Crippen molar-refractivity contribution in [3.05, 3.63) is 69.1 Å². The van der Waals surface area contributed by atoms with Crippen LogP contribution in [-0.2, 0) is 9.53 Å². The summed E-state index contributed by atoms with van der Waals surface area (Å²) < 4.78 is 6.60. The van der Waals surface area contributed by atoms with Crippen LogP contribution in [0.3, 0.4) is 0 Å². The number of amides is 1. The SMILES string of the molecule is Cc1nn(-c2ccccc2)c(Cl)c1C(=O)OCC(=O)N[C@@H](C)c1cccs1.